The molecule has 0 radical (unpaired) electrons. The normalized spacial score (nSPS) is 12.0. The van der Waals surface area contributed by atoms with E-state index >= 15 is 0 Å². The molecule has 106 valence electrons. The predicted octanol–water partition coefficient (Wildman–Crippen LogP) is 3.15. The molecule has 21 heavy (non-hydrogen) atoms. The molecule has 0 saturated heterocycles. The topological polar surface area (TPSA) is 63.0 Å². The quantitative estimate of drug-likeness (QED) is 0.770. The van der Waals surface area contributed by atoms with Gasteiger partial charge in [0.25, 0.3) is 0 Å². The van der Waals surface area contributed by atoms with E-state index in [0.717, 1.165) is 16.9 Å². The molecule has 1 unspecified atom stereocenters. The highest BCUT2D eigenvalue weighted by Gasteiger charge is 2.09. The summed E-state index contributed by atoms with van der Waals surface area (Å²) in [6, 6.07) is 15.2. The highest BCUT2D eigenvalue weighted by atomic mass is 16.3. The van der Waals surface area contributed by atoms with Crippen LogP contribution in [0.3, 0.4) is 0 Å². The molecule has 0 spiro atoms. The number of rotatable bonds is 4. The smallest absolute Gasteiger partial charge is 0.115 e. The van der Waals surface area contributed by atoms with Gasteiger partial charge < -0.3 is 10.4 Å². The Balaban J connectivity index is 1.86. The second kappa shape index (κ2) is 5.66. The number of nitrogens with one attached hydrogen (secondary N) is 1. The molecule has 0 saturated carbocycles. The molecule has 0 fully saturated rings. The Hall–Kier alpha value is -2.82. The minimum atomic E-state index is 0.107. The zero-order valence-electron chi connectivity index (χ0n) is 11.6. The van der Waals surface area contributed by atoms with Gasteiger partial charge in [-0.15, -0.1) is 5.10 Å². The average Bonchev–Trinajstić information content (AvgIpc) is 3.02. The van der Waals surface area contributed by atoms with Crippen LogP contribution < -0.4 is 5.32 Å². The fraction of sp³-hybridized carbons (Fsp3) is 0.125. The van der Waals surface area contributed by atoms with E-state index in [0.29, 0.717) is 0 Å². The third-order valence-corrected chi connectivity index (χ3v) is 3.34. The van der Waals surface area contributed by atoms with Crippen LogP contribution in [0.5, 0.6) is 5.75 Å². The molecule has 0 amide bonds. The van der Waals surface area contributed by atoms with Gasteiger partial charge >= 0.3 is 0 Å². The molecule has 0 aliphatic rings. The van der Waals surface area contributed by atoms with Crippen molar-refractivity contribution in [2.24, 2.45) is 0 Å². The van der Waals surface area contributed by atoms with Gasteiger partial charge in [0.2, 0.25) is 0 Å². The van der Waals surface area contributed by atoms with Gasteiger partial charge in [-0.2, -0.15) is 0 Å². The number of aromatic nitrogens is 3. The van der Waals surface area contributed by atoms with Gasteiger partial charge in [0.05, 0.1) is 23.8 Å². The number of phenolic OH excluding ortho intramolecular Hbond substituents is 1. The zero-order valence-corrected chi connectivity index (χ0v) is 11.6. The Bertz CT molecular complexity index is 707. The molecule has 3 rings (SSSR count). The Morgan fingerprint density at radius 1 is 1.10 bits per heavy atom. The van der Waals surface area contributed by atoms with Crippen LogP contribution in [0, 0.1) is 0 Å². The molecular weight excluding hydrogens is 264 g/mol. The third kappa shape index (κ3) is 2.86. The average molecular weight is 280 g/mol. The van der Waals surface area contributed by atoms with Gasteiger partial charge in [0.15, 0.2) is 0 Å². The first kappa shape index (κ1) is 13.2. The molecule has 1 atom stereocenters. The summed E-state index contributed by atoms with van der Waals surface area (Å²) in [5.74, 6) is 0.272. The van der Waals surface area contributed by atoms with E-state index in [1.807, 2.05) is 42.6 Å². The predicted molar refractivity (Wildman–Crippen MR) is 81.5 cm³/mol. The lowest BCUT2D eigenvalue weighted by atomic mass is 10.1. The second-order valence-corrected chi connectivity index (χ2v) is 4.82. The minimum Gasteiger partial charge on any atom is -0.508 e. The van der Waals surface area contributed by atoms with Crippen molar-refractivity contribution in [3.63, 3.8) is 0 Å². The molecule has 0 aliphatic carbocycles. The molecule has 1 heterocycles. The molecular formula is C16H16N4O. The van der Waals surface area contributed by atoms with E-state index in [2.05, 4.69) is 22.6 Å². The number of phenols is 1. The van der Waals surface area contributed by atoms with Gasteiger partial charge in [0.1, 0.15) is 5.75 Å². The number of aromatic hydroxyl groups is 1. The van der Waals surface area contributed by atoms with Crippen LogP contribution >= 0.6 is 0 Å². The maximum Gasteiger partial charge on any atom is 0.115 e. The van der Waals surface area contributed by atoms with E-state index < -0.39 is 0 Å². The largest absolute Gasteiger partial charge is 0.508 e. The molecule has 5 heteroatoms. The van der Waals surface area contributed by atoms with Crippen LogP contribution in [0.15, 0.2) is 60.9 Å². The van der Waals surface area contributed by atoms with Crippen LogP contribution in [-0.4, -0.2) is 20.1 Å². The van der Waals surface area contributed by atoms with Crippen molar-refractivity contribution in [2.75, 3.05) is 5.32 Å². The van der Waals surface area contributed by atoms with Crippen LogP contribution in [-0.2, 0) is 0 Å². The summed E-state index contributed by atoms with van der Waals surface area (Å²) in [5.41, 5.74) is 3.02. The summed E-state index contributed by atoms with van der Waals surface area (Å²) in [6.07, 6.45) is 3.46. The fourth-order valence-electron chi connectivity index (χ4n) is 2.21. The summed E-state index contributed by atoms with van der Waals surface area (Å²) >= 11 is 0. The Kier molecular flexibility index (Phi) is 3.55. The second-order valence-electron chi connectivity index (χ2n) is 4.82. The van der Waals surface area contributed by atoms with Gasteiger partial charge in [-0.3, -0.25) is 0 Å². The van der Waals surface area contributed by atoms with E-state index in [1.54, 1.807) is 23.0 Å². The molecule has 2 aromatic carbocycles. The van der Waals surface area contributed by atoms with Crippen molar-refractivity contribution in [3.8, 4) is 11.4 Å². The standard InChI is InChI=1S/C16H16N4O/c1-12(13-6-8-14(21)9-7-13)18-15-4-2-3-5-16(15)20-11-10-17-19-20/h2-12,18,21H,1H3. The number of para-hydroxylation sites is 2. The van der Waals surface area contributed by atoms with E-state index in [9.17, 15) is 5.11 Å². The first-order valence-electron chi connectivity index (χ1n) is 6.75. The minimum absolute atomic E-state index is 0.107. The van der Waals surface area contributed by atoms with E-state index in [1.165, 1.54) is 0 Å². The third-order valence-electron chi connectivity index (χ3n) is 3.34. The van der Waals surface area contributed by atoms with Crippen LogP contribution in [0.2, 0.25) is 0 Å². The number of hydrogen-bond donors (Lipinski definition) is 2. The lowest BCUT2D eigenvalue weighted by Gasteiger charge is -2.18. The molecule has 3 aromatic rings. The number of anilines is 1. The fourth-order valence-corrected chi connectivity index (χ4v) is 2.21. The summed E-state index contributed by atoms with van der Waals surface area (Å²) in [7, 11) is 0. The Morgan fingerprint density at radius 2 is 1.86 bits per heavy atom. The molecule has 0 bridgehead atoms. The molecule has 5 nitrogen and oxygen atoms in total. The first-order valence-corrected chi connectivity index (χ1v) is 6.75. The number of nitrogens with zero attached hydrogens (tertiary/aromatic N) is 3. The zero-order chi connectivity index (χ0) is 14.7. The Labute approximate surface area is 122 Å². The maximum absolute atomic E-state index is 9.36. The number of benzene rings is 2. The number of hydrogen-bond acceptors (Lipinski definition) is 4. The SMILES string of the molecule is CC(Nc1ccccc1-n1ccnn1)c1ccc(O)cc1. The lowest BCUT2D eigenvalue weighted by molar-refractivity contribution is 0.475. The summed E-state index contributed by atoms with van der Waals surface area (Å²) in [6.45, 7) is 2.07. The van der Waals surface area contributed by atoms with Crippen molar-refractivity contribution in [2.45, 2.75) is 13.0 Å². The van der Waals surface area contributed by atoms with E-state index in [-0.39, 0.29) is 11.8 Å². The van der Waals surface area contributed by atoms with Crippen molar-refractivity contribution in [1.82, 2.24) is 15.0 Å². The van der Waals surface area contributed by atoms with Gasteiger partial charge in [-0.1, -0.05) is 29.5 Å². The first-order chi connectivity index (χ1) is 10.2. The van der Waals surface area contributed by atoms with Crippen molar-refractivity contribution < 1.29 is 5.11 Å². The van der Waals surface area contributed by atoms with Crippen LogP contribution in [0.4, 0.5) is 5.69 Å². The van der Waals surface area contributed by atoms with Crippen LogP contribution in [0.25, 0.3) is 5.69 Å². The van der Waals surface area contributed by atoms with Crippen molar-refractivity contribution >= 4 is 5.69 Å². The summed E-state index contributed by atoms with van der Waals surface area (Å²) in [4.78, 5) is 0. The van der Waals surface area contributed by atoms with Gasteiger partial charge in [-0.25, -0.2) is 4.68 Å². The molecule has 1 aromatic heterocycles. The highest BCUT2D eigenvalue weighted by molar-refractivity contribution is 5.61. The lowest BCUT2D eigenvalue weighted by Crippen LogP contribution is -2.09. The Morgan fingerprint density at radius 3 is 2.57 bits per heavy atom. The highest BCUT2D eigenvalue weighted by Crippen LogP contribution is 2.25. The van der Waals surface area contributed by atoms with Crippen molar-refractivity contribution in [3.05, 3.63) is 66.5 Å². The molecule has 2 N–H and O–H groups in total. The van der Waals surface area contributed by atoms with Crippen molar-refractivity contribution in [1.29, 1.82) is 0 Å². The summed E-state index contributed by atoms with van der Waals surface area (Å²) < 4.78 is 1.73. The van der Waals surface area contributed by atoms with Crippen LogP contribution in [0.1, 0.15) is 18.5 Å². The monoisotopic (exact) mass is 280 g/mol. The van der Waals surface area contributed by atoms with E-state index in [4.69, 9.17) is 0 Å². The summed E-state index contributed by atoms with van der Waals surface area (Å²) in [5, 5.41) is 20.7. The van der Waals surface area contributed by atoms with Gasteiger partial charge in [0, 0.05) is 6.04 Å². The van der Waals surface area contributed by atoms with Gasteiger partial charge in [-0.05, 0) is 36.8 Å². The maximum atomic E-state index is 9.36. The molecule has 0 aliphatic heterocycles.